The first kappa shape index (κ1) is 7.78. The highest BCUT2D eigenvalue weighted by molar-refractivity contribution is 5.27. The Morgan fingerprint density at radius 3 is 2.58 bits per heavy atom. The quantitative estimate of drug-likeness (QED) is 0.596. The zero-order chi connectivity index (χ0) is 8.55. The highest BCUT2D eigenvalue weighted by atomic mass is 19.1. The van der Waals surface area contributed by atoms with Crippen molar-refractivity contribution < 1.29 is 4.39 Å². The number of halogens is 1. The molecule has 64 valence electrons. The number of benzene rings is 1. The van der Waals surface area contributed by atoms with Crippen LogP contribution in [-0.4, -0.2) is 0 Å². The minimum Gasteiger partial charge on any atom is -0.207 e. The van der Waals surface area contributed by atoms with Gasteiger partial charge in [-0.2, -0.15) is 0 Å². The monoisotopic (exact) mass is 164 g/mol. The lowest BCUT2D eigenvalue weighted by Gasteiger charge is -2.26. The van der Waals surface area contributed by atoms with Crippen LogP contribution in [0.4, 0.5) is 4.39 Å². The standard InChI is InChI=1S/C11H13F/c1-8-5-6-10(11(12)7-8)9-3-2-4-9/h5-7,9H,2-4H2,1H3. The predicted octanol–water partition coefficient (Wildman–Crippen LogP) is 3.40. The minimum absolute atomic E-state index is 0.0142. The summed E-state index contributed by atoms with van der Waals surface area (Å²) in [7, 11) is 0. The third kappa shape index (κ3) is 1.24. The highest BCUT2D eigenvalue weighted by Crippen LogP contribution is 2.37. The van der Waals surface area contributed by atoms with Gasteiger partial charge in [-0.1, -0.05) is 18.6 Å². The molecule has 0 aliphatic heterocycles. The van der Waals surface area contributed by atoms with Gasteiger partial charge in [0.05, 0.1) is 0 Å². The molecule has 0 N–H and O–H groups in total. The van der Waals surface area contributed by atoms with E-state index < -0.39 is 0 Å². The molecule has 2 rings (SSSR count). The first-order chi connectivity index (χ1) is 5.77. The molecule has 1 heteroatoms. The number of hydrogen-bond acceptors (Lipinski definition) is 0. The van der Waals surface area contributed by atoms with Crippen molar-refractivity contribution in [3.05, 3.63) is 35.1 Å². The fraction of sp³-hybridized carbons (Fsp3) is 0.455. The van der Waals surface area contributed by atoms with Crippen LogP contribution in [0.3, 0.4) is 0 Å². The topological polar surface area (TPSA) is 0 Å². The Balaban J connectivity index is 2.31. The summed E-state index contributed by atoms with van der Waals surface area (Å²) >= 11 is 0. The second-order valence-corrected chi connectivity index (χ2v) is 3.65. The highest BCUT2D eigenvalue weighted by Gasteiger charge is 2.21. The third-order valence-corrected chi connectivity index (χ3v) is 2.70. The van der Waals surface area contributed by atoms with Crippen molar-refractivity contribution in [1.29, 1.82) is 0 Å². The van der Waals surface area contributed by atoms with Crippen molar-refractivity contribution in [2.24, 2.45) is 0 Å². The molecule has 1 saturated carbocycles. The van der Waals surface area contributed by atoms with Crippen molar-refractivity contribution in [2.45, 2.75) is 32.1 Å². The van der Waals surface area contributed by atoms with Crippen LogP contribution < -0.4 is 0 Å². The van der Waals surface area contributed by atoms with E-state index in [-0.39, 0.29) is 5.82 Å². The maximum absolute atomic E-state index is 13.3. The molecule has 1 aliphatic rings. The summed E-state index contributed by atoms with van der Waals surface area (Å²) in [5.41, 5.74) is 1.93. The molecule has 1 aliphatic carbocycles. The van der Waals surface area contributed by atoms with Gasteiger partial charge in [-0.3, -0.25) is 0 Å². The van der Waals surface area contributed by atoms with E-state index in [4.69, 9.17) is 0 Å². The first-order valence-electron chi connectivity index (χ1n) is 4.53. The Hall–Kier alpha value is -0.850. The lowest BCUT2D eigenvalue weighted by atomic mass is 9.80. The smallest absolute Gasteiger partial charge is 0.126 e. The average Bonchev–Trinajstić information content (AvgIpc) is 1.91. The van der Waals surface area contributed by atoms with Gasteiger partial charge in [0.25, 0.3) is 0 Å². The molecule has 0 saturated heterocycles. The van der Waals surface area contributed by atoms with E-state index in [1.165, 1.54) is 19.3 Å². The molecule has 0 aromatic heterocycles. The van der Waals surface area contributed by atoms with Gasteiger partial charge in [-0.25, -0.2) is 4.39 Å². The summed E-state index contributed by atoms with van der Waals surface area (Å²) < 4.78 is 13.3. The summed E-state index contributed by atoms with van der Waals surface area (Å²) in [5, 5.41) is 0. The maximum atomic E-state index is 13.3. The normalized spacial score (nSPS) is 17.5. The second-order valence-electron chi connectivity index (χ2n) is 3.65. The van der Waals surface area contributed by atoms with Gasteiger partial charge in [0.1, 0.15) is 5.82 Å². The number of hydrogen-bond donors (Lipinski definition) is 0. The van der Waals surface area contributed by atoms with Gasteiger partial charge in [-0.05, 0) is 42.9 Å². The number of rotatable bonds is 1. The SMILES string of the molecule is Cc1ccc(C2CCC2)c(F)c1. The van der Waals surface area contributed by atoms with E-state index in [2.05, 4.69) is 0 Å². The van der Waals surface area contributed by atoms with Gasteiger partial charge in [-0.15, -0.1) is 0 Å². The summed E-state index contributed by atoms with van der Waals surface area (Å²) in [6.07, 6.45) is 3.60. The average molecular weight is 164 g/mol. The van der Waals surface area contributed by atoms with Gasteiger partial charge in [0.2, 0.25) is 0 Å². The van der Waals surface area contributed by atoms with Crippen LogP contribution in [0.15, 0.2) is 18.2 Å². The third-order valence-electron chi connectivity index (χ3n) is 2.70. The Morgan fingerprint density at radius 1 is 1.33 bits per heavy atom. The van der Waals surface area contributed by atoms with Gasteiger partial charge >= 0.3 is 0 Å². The molecular formula is C11H13F. The zero-order valence-corrected chi connectivity index (χ0v) is 7.31. The van der Waals surface area contributed by atoms with E-state index in [1.54, 1.807) is 6.07 Å². The molecule has 1 fully saturated rings. The summed E-state index contributed by atoms with van der Waals surface area (Å²) in [4.78, 5) is 0. The molecule has 1 aromatic rings. The molecule has 1 aromatic carbocycles. The molecule has 0 bridgehead atoms. The summed E-state index contributed by atoms with van der Waals surface area (Å²) in [6.45, 7) is 1.92. The van der Waals surface area contributed by atoms with E-state index in [0.29, 0.717) is 5.92 Å². The predicted molar refractivity (Wildman–Crippen MR) is 47.7 cm³/mol. The Kier molecular flexibility index (Phi) is 1.87. The first-order valence-corrected chi connectivity index (χ1v) is 4.53. The van der Waals surface area contributed by atoms with Crippen molar-refractivity contribution in [3.8, 4) is 0 Å². The second kappa shape index (κ2) is 2.89. The van der Waals surface area contributed by atoms with E-state index in [0.717, 1.165) is 11.1 Å². The Labute approximate surface area is 72.4 Å². The van der Waals surface area contributed by atoms with Gasteiger partial charge < -0.3 is 0 Å². The number of aryl methyl sites for hydroxylation is 1. The van der Waals surface area contributed by atoms with Crippen molar-refractivity contribution in [3.63, 3.8) is 0 Å². The van der Waals surface area contributed by atoms with Crippen LogP contribution in [-0.2, 0) is 0 Å². The summed E-state index contributed by atoms with van der Waals surface area (Å²) in [5.74, 6) is 0.491. The van der Waals surface area contributed by atoms with E-state index in [9.17, 15) is 4.39 Å². The fourth-order valence-electron chi connectivity index (χ4n) is 1.68. The molecule has 0 heterocycles. The van der Waals surface area contributed by atoms with Crippen LogP contribution in [0.25, 0.3) is 0 Å². The van der Waals surface area contributed by atoms with E-state index >= 15 is 0 Å². The van der Waals surface area contributed by atoms with Crippen LogP contribution in [0.2, 0.25) is 0 Å². The molecule has 0 spiro atoms. The molecule has 0 amide bonds. The fourth-order valence-corrected chi connectivity index (χ4v) is 1.68. The molecule has 0 atom stereocenters. The summed E-state index contributed by atoms with van der Waals surface area (Å²) in [6, 6.07) is 5.57. The molecule has 0 radical (unpaired) electrons. The zero-order valence-electron chi connectivity index (χ0n) is 7.31. The minimum atomic E-state index is -0.0142. The molecule has 0 unspecified atom stereocenters. The van der Waals surface area contributed by atoms with Crippen LogP contribution in [0, 0.1) is 12.7 Å². The Morgan fingerprint density at radius 2 is 2.08 bits per heavy atom. The van der Waals surface area contributed by atoms with Crippen molar-refractivity contribution in [1.82, 2.24) is 0 Å². The van der Waals surface area contributed by atoms with Crippen molar-refractivity contribution in [2.75, 3.05) is 0 Å². The molecular weight excluding hydrogens is 151 g/mol. The maximum Gasteiger partial charge on any atom is 0.126 e. The lowest BCUT2D eigenvalue weighted by molar-refractivity contribution is 0.404. The van der Waals surface area contributed by atoms with Crippen LogP contribution >= 0.6 is 0 Å². The molecule has 0 nitrogen and oxygen atoms in total. The molecule has 12 heavy (non-hydrogen) atoms. The van der Waals surface area contributed by atoms with Crippen molar-refractivity contribution >= 4 is 0 Å². The van der Waals surface area contributed by atoms with Crippen LogP contribution in [0.5, 0.6) is 0 Å². The van der Waals surface area contributed by atoms with E-state index in [1.807, 2.05) is 19.1 Å². The van der Waals surface area contributed by atoms with Crippen LogP contribution in [0.1, 0.15) is 36.3 Å². The van der Waals surface area contributed by atoms with Gasteiger partial charge in [0.15, 0.2) is 0 Å². The Bertz CT molecular complexity index is 287. The van der Waals surface area contributed by atoms with Gasteiger partial charge in [0, 0.05) is 0 Å². The lowest BCUT2D eigenvalue weighted by Crippen LogP contribution is -2.10. The largest absolute Gasteiger partial charge is 0.207 e.